The van der Waals surface area contributed by atoms with Crippen molar-refractivity contribution in [3.63, 3.8) is 0 Å². The number of alkyl halides is 3. The van der Waals surface area contributed by atoms with Gasteiger partial charge in [-0.3, -0.25) is 15.6 Å². The van der Waals surface area contributed by atoms with Crippen LogP contribution in [0.5, 0.6) is 0 Å². The van der Waals surface area contributed by atoms with E-state index in [2.05, 4.69) is 15.8 Å². The summed E-state index contributed by atoms with van der Waals surface area (Å²) in [6.45, 7) is 0. The summed E-state index contributed by atoms with van der Waals surface area (Å²) in [6.07, 6.45) is -4.81. The Hall–Kier alpha value is -0.930. The van der Waals surface area contributed by atoms with E-state index in [1.165, 1.54) is 12.1 Å². The summed E-state index contributed by atoms with van der Waals surface area (Å²) in [5.41, 5.74) is 3.10. The van der Waals surface area contributed by atoms with Crippen molar-refractivity contribution in [3.8, 4) is 0 Å². The van der Waals surface area contributed by atoms with Crippen LogP contribution in [-0.2, 0) is 6.18 Å². The lowest BCUT2D eigenvalue weighted by molar-refractivity contribution is -0.141. The van der Waals surface area contributed by atoms with E-state index in [1.807, 2.05) is 0 Å². The van der Waals surface area contributed by atoms with Crippen molar-refractivity contribution in [1.82, 2.24) is 10.4 Å². The zero-order valence-corrected chi connectivity index (χ0v) is 14.4. The van der Waals surface area contributed by atoms with Crippen molar-refractivity contribution < 1.29 is 18.0 Å². The summed E-state index contributed by atoms with van der Waals surface area (Å²) >= 11 is 23.3. The number of rotatable bonds is 3. The van der Waals surface area contributed by atoms with Crippen molar-refractivity contribution in [2.75, 3.05) is 5.43 Å². The Labute approximate surface area is 151 Å². The van der Waals surface area contributed by atoms with Crippen LogP contribution in [0.4, 0.5) is 18.9 Å². The van der Waals surface area contributed by atoms with E-state index in [9.17, 15) is 18.0 Å². The molecule has 0 atom stereocenters. The maximum absolute atomic E-state index is 12.8. The number of hydrogen-bond acceptors (Lipinski definition) is 4. The van der Waals surface area contributed by atoms with E-state index in [1.54, 1.807) is 0 Å². The first kappa shape index (κ1) is 18.4. The van der Waals surface area contributed by atoms with Crippen molar-refractivity contribution in [2.45, 2.75) is 6.18 Å². The molecule has 1 heterocycles. The number of nitrogens with zero attached hydrogens (tertiary/aromatic N) is 1. The van der Waals surface area contributed by atoms with Gasteiger partial charge in [0.2, 0.25) is 0 Å². The van der Waals surface area contributed by atoms with E-state index in [-0.39, 0.29) is 20.8 Å². The fourth-order valence-corrected chi connectivity index (χ4v) is 3.41. The molecule has 2 aromatic rings. The van der Waals surface area contributed by atoms with Gasteiger partial charge in [0.1, 0.15) is 4.88 Å². The average molecular weight is 425 g/mol. The summed E-state index contributed by atoms with van der Waals surface area (Å²) < 4.78 is 37.9. The average Bonchev–Trinajstić information content (AvgIpc) is 2.79. The van der Waals surface area contributed by atoms with E-state index >= 15 is 0 Å². The molecule has 0 aliphatic carbocycles. The Morgan fingerprint density at radius 2 is 1.70 bits per heavy atom. The standard InChI is InChI=1S/C11H4Cl4F3N3OS/c12-3-1-4(13)6(5(14)2-3)20-21-9(22)7-8(11(16,17)18)19-10(15)23-7/h1-2,20H,(H,21,22). The lowest BCUT2D eigenvalue weighted by Crippen LogP contribution is -2.30. The molecule has 1 aromatic carbocycles. The van der Waals surface area contributed by atoms with Gasteiger partial charge in [-0.1, -0.05) is 57.7 Å². The van der Waals surface area contributed by atoms with E-state index < -0.39 is 27.1 Å². The lowest BCUT2D eigenvalue weighted by atomic mass is 10.3. The van der Waals surface area contributed by atoms with E-state index in [0.29, 0.717) is 11.3 Å². The Kier molecular flexibility index (Phi) is 5.52. The molecule has 0 fully saturated rings. The highest BCUT2D eigenvalue weighted by atomic mass is 35.5. The van der Waals surface area contributed by atoms with Gasteiger partial charge in [0, 0.05) is 5.02 Å². The fraction of sp³-hybridized carbons (Fsp3) is 0.0909. The summed E-state index contributed by atoms with van der Waals surface area (Å²) in [5, 5.41) is 0.396. The summed E-state index contributed by atoms with van der Waals surface area (Å²) in [4.78, 5) is 14.3. The number of anilines is 1. The number of thiazole rings is 1. The van der Waals surface area contributed by atoms with Crippen LogP contribution in [-0.4, -0.2) is 10.9 Å². The molecule has 0 spiro atoms. The molecule has 1 aromatic heterocycles. The number of nitrogens with one attached hydrogen (secondary N) is 2. The van der Waals surface area contributed by atoms with Crippen LogP contribution in [0, 0.1) is 0 Å². The smallest absolute Gasteiger partial charge is 0.295 e. The number of hydrazine groups is 1. The third-order valence-electron chi connectivity index (χ3n) is 2.38. The minimum absolute atomic E-state index is 0.0705. The molecule has 0 saturated carbocycles. The largest absolute Gasteiger partial charge is 0.435 e. The van der Waals surface area contributed by atoms with Gasteiger partial charge in [0.25, 0.3) is 5.91 Å². The number of amides is 1. The zero-order valence-electron chi connectivity index (χ0n) is 10.6. The second-order valence-corrected chi connectivity index (χ2v) is 6.80. The number of hydrogen-bond donors (Lipinski definition) is 2. The highest BCUT2D eigenvalue weighted by molar-refractivity contribution is 7.17. The van der Waals surface area contributed by atoms with Crippen LogP contribution < -0.4 is 10.9 Å². The molecule has 0 bridgehead atoms. The van der Waals surface area contributed by atoms with Crippen molar-refractivity contribution in [3.05, 3.63) is 42.2 Å². The van der Waals surface area contributed by atoms with Gasteiger partial charge < -0.3 is 0 Å². The molecule has 124 valence electrons. The van der Waals surface area contributed by atoms with Gasteiger partial charge in [-0.25, -0.2) is 4.98 Å². The van der Waals surface area contributed by atoms with Gasteiger partial charge in [-0.2, -0.15) is 13.2 Å². The number of carbonyl (C=O) groups excluding carboxylic acids is 1. The minimum Gasteiger partial charge on any atom is -0.295 e. The molecule has 12 heteroatoms. The summed E-state index contributed by atoms with van der Waals surface area (Å²) in [7, 11) is 0. The molecule has 0 saturated heterocycles. The van der Waals surface area contributed by atoms with Crippen LogP contribution in [0.15, 0.2) is 12.1 Å². The fourth-order valence-electron chi connectivity index (χ4n) is 1.48. The molecule has 0 aliphatic rings. The molecule has 4 nitrogen and oxygen atoms in total. The maximum atomic E-state index is 12.8. The van der Waals surface area contributed by atoms with Crippen molar-refractivity contribution in [1.29, 1.82) is 0 Å². The van der Waals surface area contributed by atoms with Crippen LogP contribution in [0.1, 0.15) is 15.4 Å². The Bertz CT molecular complexity index is 742. The van der Waals surface area contributed by atoms with Crippen LogP contribution in [0.2, 0.25) is 19.5 Å². The van der Waals surface area contributed by atoms with Crippen molar-refractivity contribution >= 4 is 69.3 Å². The predicted molar refractivity (Wildman–Crippen MR) is 84.7 cm³/mol. The molecule has 1 amide bonds. The third-order valence-corrected chi connectivity index (χ3v) is 4.36. The van der Waals surface area contributed by atoms with Gasteiger partial charge >= 0.3 is 6.18 Å². The number of benzene rings is 1. The Morgan fingerprint density at radius 1 is 1.13 bits per heavy atom. The highest BCUT2D eigenvalue weighted by Crippen LogP contribution is 2.36. The first-order chi connectivity index (χ1) is 10.6. The second kappa shape index (κ2) is 6.90. The normalized spacial score (nSPS) is 11.4. The van der Waals surface area contributed by atoms with Crippen LogP contribution >= 0.6 is 57.7 Å². The van der Waals surface area contributed by atoms with Crippen LogP contribution in [0.25, 0.3) is 0 Å². The molecule has 23 heavy (non-hydrogen) atoms. The van der Waals surface area contributed by atoms with E-state index in [4.69, 9.17) is 46.4 Å². The van der Waals surface area contributed by atoms with Crippen molar-refractivity contribution in [2.24, 2.45) is 0 Å². The number of aromatic nitrogens is 1. The number of halogens is 7. The lowest BCUT2D eigenvalue weighted by Gasteiger charge is -2.12. The molecule has 0 unspecified atom stereocenters. The topological polar surface area (TPSA) is 54.0 Å². The molecule has 0 radical (unpaired) electrons. The van der Waals surface area contributed by atoms with Gasteiger partial charge in [-0.05, 0) is 12.1 Å². The van der Waals surface area contributed by atoms with Gasteiger partial charge in [0.05, 0.1) is 15.7 Å². The molecule has 0 aliphatic heterocycles. The maximum Gasteiger partial charge on any atom is 0.435 e. The zero-order chi connectivity index (χ0) is 17.4. The molecule has 2 N–H and O–H groups in total. The Morgan fingerprint density at radius 3 is 2.22 bits per heavy atom. The molecule has 2 rings (SSSR count). The highest BCUT2D eigenvalue weighted by Gasteiger charge is 2.39. The quantitative estimate of drug-likeness (QED) is 0.636. The molecular weight excluding hydrogens is 421 g/mol. The van der Waals surface area contributed by atoms with Gasteiger partial charge in [0.15, 0.2) is 10.2 Å². The first-order valence-corrected chi connectivity index (χ1v) is 7.87. The third kappa shape index (κ3) is 4.33. The number of carbonyl (C=O) groups is 1. The Balaban J connectivity index is 2.22. The van der Waals surface area contributed by atoms with Crippen LogP contribution in [0.3, 0.4) is 0 Å². The van der Waals surface area contributed by atoms with E-state index in [0.717, 1.165) is 0 Å². The van der Waals surface area contributed by atoms with Gasteiger partial charge in [-0.15, -0.1) is 0 Å². The SMILES string of the molecule is O=C(NNc1c(Cl)cc(Cl)cc1Cl)c1sc(Cl)nc1C(F)(F)F. The monoisotopic (exact) mass is 423 g/mol. The summed E-state index contributed by atoms with van der Waals surface area (Å²) in [5.74, 6) is -1.09. The minimum atomic E-state index is -4.81. The second-order valence-electron chi connectivity index (χ2n) is 3.97. The predicted octanol–water partition coefficient (Wildman–Crippen LogP) is 5.53. The first-order valence-electron chi connectivity index (χ1n) is 5.54. The summed E-state index contributed by atoms with van der Waals surface area (Å²) in [6, 6.07) is 2.68. The molecular formula is C11H4Cl4F3N3OS.